The molecule has 1 aromatic rings. The number of hydrogen-bond acceptors (Lipinski definition) is 4. The van der Waals surface area contributed by atoms with Gasteiger partial charge in [-0.3, -0.25) is 9.59 Å². The van der Waals surface area contributed by atoms with Gasteiger partial charge in [-0.2, -0.15) is 0 Å². The second-order valence-corrected chi connectivity index (χ2v) is 7.86. The molecule has 0 N–H and O–H groups in total. The highest BCUT2D eigenvalue weighted by atomic mass is 32.2. The van der Waals surface area contributed by atoms with Crippen molar-refractivity contribution in [3.05, 3.63) is 29.8 Å². The fourth-order valence-corrected chi connectivity index (χ4v) is 4.47. The largest absolute Gasteiger partial charge is 0.358 e. The Morgan fingerprint density at radius 2 is 1.78 bits per heavy atom. The summed E-state index contributed by atoms with van der Waals surface area (Å²) in [5.74, 6) is -0.291. The number of piperidine rings is 1. The lowest BCUT2D eigenvalue weighted by Crippen LogP contribution is -2.35. The van der Waals surface area contributed by atoms with Crippen molar-refractivity contribution in [2.24, 2.45) is 0 Å². The van der Waals surface area contributed by atoms with Crippen LogP contribution in [0.15, 0.2) is 24.3 Å². The van der Waals surface area contributed by atoms with Gasteiger partial charge in [-0.15, -0.1) is 0 Å². The van der Waals surface area contributed by atoms with Gasteiger partial charge >= 0.3 is 0 Å². The van der Waals surface area contributed by atoms with Crippen molar-refractivity contribution in [3.63, 3.8) is 0 Å². The zero-order valence-electron chi connectivity index (χ0n) is 13.2. The van der Waals surface area contributed by atoms with Crippen LogP contribution in [0.3, 0.4) is 0 Å². The van der Waals surface area contributed by atoms with Gasteiger partial charge in [0.1, 0.15) is 9.57 Å². The first kappa shape index (κ1) is 16.5. The molecule has 2 saturated heterocycles. The molecule has 0 aliphatic carbocycles. The van der Waals surface area contributed by atoms with Crippen LogP contribution in [0.25, 0.3) is 0 Å². The Bertz CT molecular complexity index is 624. The van der Waals surface area contributed by atoms with E-state index in [-0.39, 0.29) is 18.2 Å². The number of benzene rings is 1. The van der Waals surface area contributed by atoms with Crippen molar-refractivity contribution in [1.29, 1.82) is 0 Å². The molecule has 23 heavy (non-hydrogen) atoms. The molecular formula is C17H20N2O2S2. The van der Waals surface area contributed by atoms with Gasteiger partial charge in [0.2, 0.25) is 11.8 Å². The molecule has 3 rings (SSSR count). The lowest BCUT2D eigenvalue weighted by Gasteiger charge is -2.29. The van der Waals surface area contributed by atoms with Crippen LogP contribution in [0.2, 0.25) is 0 Å². The van der Waals surface area contributed by atoms with Gasteiger partial charge in [-0.05, 0) is 38.3 Å². The maximum Gasteiger partial charge on any atom is 0.247 e. The molecule has 4 nitrogen and oxygen atoms in total. The first-order valence-corrected chi connectivity index (χ1v) is 9.24. The fourth-order valence-electron chi connectivity index (χ4n) is 2.93. The Morgan fingerprint density at radius 3 is 2.43 bits per heavy atom. The highest BCUT2D eigenvalue weighted by Gasteiger charge is 2.41. The van der Waals surface area contributed by atoms with Gasteiger partial charge < -0.3 is 4.90 Å². The van der Waals surface area contributed by atoms with Crippen molar-refractivity contribution in [1.82, 2.24) is 4.90 Å². The summed E-state index contributed by atoms with van der Waals surface area (Å²) < 4.78 is 0.751. The van der Waals surface area contributed by atoms with Crippen molar-refractivity contribution < 1.29 is 9.59 Å². The smallest absolute Gasteiger partial charge is 0.247 e. The van der Waals surface area contributed by atoms with Crippen LogP contribution in [0.1, 0.15) is 31.2 Å². The van der Waals surface area contributed by atoms with Gasteiger partial charge in [0.05, 0.1) is 5.69 Å². The van der Waals surface area contributed by atoms with E-state index in [4.69, 9.17) is 12.2 Å². The van der Waals surface area contributed by atoms with E-state index >= 15 is 0 Å². The monoisotopic (exact) mass is 348 g/mol. The summed E-state index contributed by atoms with van der Waals surface area (Å²) >= 11 is 6.85. The maximum absolute atomic E-state index is 12.6. The minimum Gasteiger partial charge on any atom is -0.358 e. The Hall–Kier alpha value is -1.40. The van der Waals surface area contributed by atoms with E-state index in [9.17, 15) is 9.59 Å². The van der Waals surface area contributed by atoms with Crippen molar-refractivity contribution in [2.45, 2.75) is 37.9 Å². The molecule has 0 bridgehead atoms. The number of likely N-dealkylation sites (tertiary alicyclic amines) is 1. The summed E-state index contributed by atoms with van der Waals surface area (Å²) in [5.41, 5.74) is 1.75. The van der Waals surface area contributed by atoms with E-state index in [1.54, 1.807) is 0 Å². The average molecular weight is 348 g/mol. The molecule has 0 saturated carbocycles. The number of thioether (sulfide) groups is 1. The second kappa shape index (κ2) is 7.01. The number of anilines is 1. The molecule has 0 radical (unpaired) electrons. The third kappa shape index (κ3) is 3.58. The van der Waals surface area contributed by atoms with Gasteiger partial charge in [0.25, 0.3) is 0 Å². The number of nitrogens with zero attached hydrogens (tertiary/aromatic N) is 2. The molecule has 0 unspecified atom stereocenters. The third-order valence-corrected chi connectivity index (χ3v) is 5.91. The molecule has 1 atom stereocenters. The van der Waals surface area contributed by atoms with E-state index in [2.05, 4.69) is 4.90 Å². The number of carbonyl (C=O) groups is 2. The quantitative estimate of drug-likeness (QED) is 0.607. The third-order valence-electron chi connectivity index (χ3n) is 4.25. The summed E-state index contributed by atoms with van der Waals surface area (Å²) in [6.45, 7) is 3.90. The number of carbonyl (C=O) groups excluding carboxylic acids is 2. The number of hydrogen-bond donors (Lipinski definition) is 0. The van der Waals surface area contributed by atoms with E-state index in [1.165, 1.54) is 23.1 Å². The molecule has 2 aliphatic rings. The van der Waals surface area contributed by atoms with Gasteiger partial charge in [0, 0.05) is 19.5 Å². The highest BCUT2D eigenvalue weighted by molar-refractivity contribution is 8.23. The number of amides is 2. The number of rotatable bonds is 2. The standard InChI is InChI=1S/C17H20N2O2S2/c1-12-5-7-13(8-6-12)19-15(20)11-14(16(19)21)23-17(22)18-9-3-2-4-10-18/h5-8,14H,2-4,9-11H2,1H3/t14-/m1/s1. The molecule has 2 amide bonds. The lowest BCUT2D eigenvalue weighted by molar-refractivity contribution is -0.121. The van der Waals surface area contributed by atoms with E-state index in [1.807, 2.05) is 31.2 Å². The summed E-state index contributed by atoms with van der Waals surface area (Å²) in [6, 6.07) is 7.46. The maximum atomic E-state index is 12.6. The van der Waals surface area contributed by atoms with E-state index in [0.29, 0.717) is 5.69 Å². The van der Waals surface area contributed by atoms with Crippen LogP contribution in [0.4, 0.5) is 5.69 Å². The molecule has 2 fully saturated rings. The minimum absolute atomic E-state index is 0.141. The van der Waals surface area contributed by atoms with E-state index in [0.717, 1.165) is 35.8 Å². The molecule has 0 spiro atoms. The average Bonchev–Trinajstić information content (AvgIpc) is 2.83. The summed E-state index contributed by atoms with van der Waals surface area (Å²) in [6.07, 6.45) is 3.76. The molecule has 122 valence electrons. The minimum atomic E-state index is -0.391. The van der Waals surface area contributed by atoms with Crippen molar-refractivity contribution in [3.8, 4) is 0 Å². The predicted octanol–water partition coefficient (Wildman–Crippen LogP) is 3.13. The number of imide groups is 1. The Labute approximate surface area is 146 Å². The molecule has 2 heterocycles. The SMILES string of the molecule is Cc1ccc(N2C(=O)C[C@@H](SC(=S)N3CCCCC3)C2=O)cc1. The molecule has 1 aromatic carbocycles. The Balaban J connectivity index is 1.68. The van der Waals surface area contributed by atoms with Crippen LogP contribution >= 0.6 is 24.0 Å². The summed E-state index contributed by atoms with van der Waals surface area (Å²) in [5, 5.41) is -0.391. The van der Waals surface area contributed by atoms with Crippen LogP contribution in [0, 0.1) is 6.92 Å². The Kier molecular flexibility index (Phi) is 5.02. The van der Waals surface area contributed by atoms with Gasteiger partial charge in [-0.1, -0.05) is 41.7 Å². The second-order valence-electron chi connectivity index (χ2n) is 6.03. The van der Waals surface area contributed by atoms with Crippen molar-refractivity contribution in [2.75, 3.05) is 18.0 Å². The van der Waals surface area contributed by atoms with Gasteiger partial charge in [-0.25, -0.2) is 4.90 Å². The van der Waals surface area contributed by atoms with Crippen LogP contribution in [0.5, 0.6) is 0 Å². The summed E-state index contributed by atoms with van der Waals surface area (Å²) in [7, 11) is 0. The predicted molar refractivity (Wildman–Crippen MR) is 97.7 cm³/mol. The topological polar surface area (TPSA) is 40.6 Å². The van der Waals surface area contributed by atoms with E-state index < -0.39 is 5.25 Å². The number of thiocarbonyl (C=S) groups is 1. The number of aryl methyl sites for hydroxylation is 1. The first-order chi connectivity index (χ1) is 11.1. The normalized spacial score (nSPS) is 21.9. The zero-order valence-corrected chi connectivity index (χ0v) is 14.8. The van der Waals surface area contributed by atoms with Crippen molar-refractivity contribution >= 4 is 45.8 Å². The van der Waals surface area contributed by atoms with Crippen LogP contribution < -0.4 is 4.90 Å². The fraction of sp³-hybridized carbons (Fsp3) is 0.471. The molecular weight excluding hydrogens is 328 g/mol. The Morgan fingerprint density at radius 1 is 1.13 bits per heavy atom. The highest BCUT2D eigenvalue weighted by Crippen LogP contribution is 2.31. The first-order valence-electron chi connectivity index (χ1n) is 7.95. The molecule has 0 aromatic heterocycles. The molecule has 2 aliphatic heterocycles. The zero-order chi connectivity index (χ0) is 16.4. The lowest BCUT2D eigenvalue weighted by atomic mass is 10.1. The van der Waals surface area contributed by atoms with Crippen LogP contribution in [-0.4, -0.2) is 39.4 Å². The molecule has 6 heteroatoms. The van der Waals surface area contributed by atoms with Crippen LogP contribution in [-0.2, 0) is 9.59 Å². The van der Waals surface area contributed by atoms with Gasteiger partial charge in [0.15, 0.2) is 0 Å². The summed E-state index contributed by atoms with van der Waals surface area (Å²) in [4.78, 5) is 28.4.